The van der Waals surface area contributed by atoms with Gasteiger partial charge in [0.2, 0.25) is 0 Å². The number of hydrogen-bond acceptors (Lipinski definition) is 3. The summed E-state index contributed by atoms with van der Waals surface area (Å²) in [5, 5.41) is 0. The quantitative estimate of drug-likeness (QED) is 0.848. The maximum absolute atomic E-state index is 12.9. The normalized spacial score (nSPS) is 16.9. The van der Waals surface area contributed by atoms with Crippen molar-refractivity contribution >= 4 is 15.9 Å². The summed E-state index contributed by atoms with van der Waals surface area (Å²) >= 11 is 3.27. The highest BCUT2D eigenvalue weighted by molar-refractivity contribution is 9.10. The third-order valence-corrected chi connectivity index (χ3v) is 2.61. The fourth-order valence-corrected chi connectivity index (χ4v) is 1.61. The summed E-state index contributed by atoms with van der Waals surface area (Å²) in [5.41, 5.74) is 0. The Morgan fingerprint density at radius 3 is 2.87 bits per heavy atom. The lowest BCUT2D eigenvalue weighted by Crippen LogP contribution is -2.18. The molecule has 1 fully saturated rings. The third kappa shape index (κ3) is 2.90. The fourth-order valence-electron chi connectivity index (χ4n) is 1.25. The maximum atomic E-state index is 12.9. The first kappa shape index (κ1) is 10.9. The van der Waals surface area contributed by atoms with Crippen molar-refractivity contribution in [1.29, 1.82) is 0 Å². The van der Waals surface area contributed by atoms with Crippen molar-refractivity contribution in [3.63, 3.8) is 0 Å². The molecule has 0 spiro atoms. The van der Waals surface area contributed by atoms with Gasteiger partial charge in [-0.2, -0.15) is 0 Å². The second-order valence-corrected chi connectivity index (χ2v) is 3.91. The van der Waals surface area contributed by atoms with Crippen LogP contribution in [0.15, 0.2) is 22.7 Å². The van der Waals surface area contributed by atoms with E-state index in [1.165, 1.54) is 12.1 Å². The number of rotatable bonds is 3. The first-order chi connectivity index (χ1) is 7.25. The van der Waals surface area contributed by atoms with E-state index in [1.807, 2.05) is 0 Å². The Hall–Kier alpha value is -0.650. The predicted molar refractivity (Wildman–Crippen MR) is 55.3 cm³/mol. The minimum absolute atomic E-state index is 0.266. The van der Waals surface area contributed by atoms with Crippen LogP contribution in [0.25, 0.3) is 0 Å². The lowest BCUT2D eigenvalue weighted by Gasteiger charge is -2.12. The molecule has 82 valence electrons. The van der Waals surface area contributed by atoms with Crippen LogP contribution in [0.2, 0.25) is 0 Å². The molecule has 0 amide bonds. The number of ether oxygens (including phenoxy) is 3. The van der Waals surface area contributed by atoms with Crippen molar-refractivity contribution in [2.75, 3.05) is 19.8 Å². The second-order valence-electron chi connectivity index (χ2n) is 3.06. The highest BCUT2D eigenvalue weighted by atomic mass is 79.9. The summed E-state index contributed by atoms with van der Waals surface area (Å²) in [6, 6.07) is 4.28. The zero-order chi connectivity index (χ0) is 10.7. The molecule has 15 heavy (non-hydrogen) atoms. The van der Waals surface area contributed by atoms with Gasteiger partial charge in [0.05, 0.1) is 17.7 Å². The van der Waals surface area contributed by atoms with Crippen LogP contribution in [-0.4, -0.2) is 26.1 Å². The van der Waals surface area contributed by atoms with Gasteiger partial charge in [0.25, 0.3) is 0 Å². The van der Waals surface area contributed by atoms with Crippen molar-refractivity contribution in [1.82, 2.24) is 0 Å². The molecule has 1 aromatic rings. The fraction of sp³-hybridized carbons (Fsp3) is 0.400. The molecule has 0 saturated carbocycles. The molecule has 0 N–H and O–H groups in total. The predicted octanol–water partition coefficient (Wildman–Crippen LogP) is 2.34. The molecule has 0 bridgehead atoms. The molecule has 1 aromatic carbocycles. The number of halogens is 2. The Labute approximate surface area is 95.3 Å². The van der Waals surface area contributed by atoms with Gasteiger partial charge in [0.15, 0.2) is 6.29 Å². The summed E-state index contributed by atoms with van der Waals surface area (Å²) in [6.07, 6.45) is -0.347. The minimum atomic E-state index is -0.347. The summed E-state index contributed by atoms with van der Waals surface area (Å²) in [6.45, 7) is 1.43. The lowest BCUT2D eigenvalue weighted by molar-refractivity contribution is -0.0685. The van der Waals surface area contributed by atoms with Crippen LogP contribution < -0.4 is 4.74 Å². The molecule has 0 atom stereocenters. The Morgan fingerprint density at radius 2 is 2.13 bits per heavy atom. The van der Waals surface area contributed by atoms with Crippen LogP contribution in [-0.2, 0) is 9.47 Å². The van der Waals surface area contributed by atoms with Gasteiger partial charge in [-0.3, -0.25) is 0 Å². The van der Waals surface area contributed by atoms with E-state index in [0.717, 1.165) is 0 Å². The summed E-state index contributed by atoms with van der Waals surface area (Å²) < 4.78 is 29.3. The van der Waals surface area contributed by atoms with Crippen molar-refractivity contribution in [3.8, 4) is 5.75 Å². The van der Waals surface area contributed by atoms with E-state index in [0.29, 0.717) is 23.4 Å². The average molecular weight is 277 g/mol. The van der Waals surface area contributed by atoms with Crippen molar-refractivity contribution in [3.05, 3.63) is 28.5 Å². The standard InChI is InChI=1S/C10H10BrFO3/c11-8-2-1-7(12)5-9(8)15-6-10-13-3-4-14-10/h1-2,5,10H,3-4,6H2. The summed E-state index contributed by atoms with van der Waals surface area (Å²) in [4.78, 5) is 0. The van der Waals surface area contributed by atoms with E-state index in [4.69, 9.17) is 14.2 Å². The van der Waals surface area contributed by atoms with E-state index in [-0.39, 0.29) is 18.7 Å². The topological polar surface area (TPSA) is 27.7 Å². The smallest absolute Gasteiger partial charge is 0.191 e. The number of benzene rings is 1. The molecule has 5 heteroatoms. The van der Waals surface area contributed by atoms with Gasteiger partial charge in [-0.25, -0.2) is 4.39 Å². The minimum Gasteiger partial charge on any atom is -0.487 e. The molecule has 1 aliphatic rings. The molecular weight excluding hydrogens is 267 g/mol. The highest BCUT2D eigenvalue weighted by Crippen LogP contribution is 2.25. The van der Waals surface area contributed by atoms with E-state index in [9.17, 15) is 4.39 Å². The van der Waals surface area contributed by atoms with Gasteiger partial charge in [0.1, 0.15) is 18.2 Å². The number of hydrogen-bond donors (Lipinski definition) is 0. The molecule has 1 heterocycles. The van der Waals surface area contributed by atoms with Gasteiger partial charge in [0, 0.05) is 6.07 Å². The van der Waals surface area contributed by atoms with Crippen LogP contribution in [0.5, 0.6) is 5.75 Å². The maximum Gasteiger partial charge on any atom is 0.191 e. The monoisotopic (exact) mass is 276 g/mol. The van der Waals surface area contributed by atoms with Crippen LogP contribution in [0, 0.1) is 5.82 Å². The van der Waals surface area contributed by atoms with E-state index < -0.39 is 0 Å². The third-order valence-electron chi connectivity index (χ3n) is 1.96. The van der Waals surface area contributed by atoms with E-state index in [1.54, 1.807) is 6.07 Å². The summed E-state index contributed by atoms with van der Waals surface area (Å²) in [5.74, 6) is 0.121. The van der Waals surface area contributed by atoms with Gasteiger partial charge < -0.3 is 14.2 Å². The van der Waals surface area contributed by atoms with Gasteiger partial charge in [-0.05, 0) is 28.1 Å². The molecule has 0 aliphatic carbocycles. The van der Waals surface area contributed by atoms with E-state index >= 15 is 0 Å². The zero-order valence-electron chi connectivity index (χ0n) is 7.91. The van der Waals surface area contributed by atoms with Crippen molar-refractivity contribution < 1.29 is 18.6 Å². The Morgan fingerprint density at radius 1 is 1.40 bits per heavy atom. The average Bonchev–Trinajstić information content (AvgIpc) is 2.72. The Balaban J connectivity index is 1.94. The van der Waals surface area contributed by atoms with Crippen molar-refractivity contribution in [2.24, 2.45) is 0 Å². The molecule has 3 nitrogen and oxygen atoms in total. The first-order valence-corrected chi connectivity index (χ1v) is 5.36. The molecule has 0 unspecified atom stereocenters. The molecule has 0 radical (unpaired) electrons. The van der Waals surface area contributed by atoms with Gasteiger partial charge >= 0.3 is 0 Å². The van der Waals surface area contributed by atoms with E-state index in [2.05, 4.69) is 15.9 Å². The Kier molecular flexibility index (Phi) is 3.56. The van der Waals surface area contributed by atoms with Crippen LogP contribution in [0.1, 0.15) is 0 Å². The van der Waals surface area contributed by atoms with Crippen LogP contribution in [0.3, 0.4) is 0 Å². The largest absolute Gasteiger partial charge is 0.487 e. The zero-order valence-corrected chi connectivity index (χ0v) is 9.50. The first-order valence-electron chi connectivity index (χ1n) is 4.57. The van der Waals surface area contributed by atoms with Crippen molar-refractivity contribution in [2.45, 2.75) is 6.29 Å². The molecule has 0 aromatic heterocycles. The molecule has 1 saturated heterocycles. The van der Waals surface area contributed by atoms with Gasteiger partial charge in [-0.1, -0.05) is 0 Å². The molecular formula is C10H10BrFO3. The molecule has 1 aliphatic heterocycles. The van der Waals surface area contributed by atoms with Crippen LogP contribution in [0.4, 0.5) is 4.39 Å². The highest BCUT2D eigenvalue weighted by Gasteiger charge is 2.17. The Bertz CT molecular complexity index is 339. The van der Waals surface area contributed by atoms with Crippen LogP contribution >= 0.6 is 15.9 Å². The lowest BCUT2D eigenvalue weighted by atomic mass is 10.3. The summed E-state index contributed by atoms with van der Waals surface area (Å²) in [7, 11) is 0. The SMILES string of the molecule is Fc1ccc(Br)c(OCC2OCCO2)c1. The molecule has 2 rings (SSSR count). The second kappa shape index (κ2) is 4.92. The van der Waals surface area contributed by atoms with Gasteiger partial charge in [-0.15, -0.1) is 0 Å².